The Kier molecular flexibility index (Phi) is 3.75. The fourth-order valence-corrected chi connectivity index (χ4v) is 5.40. The largest absolute Gasteiger partial charge is 0.339 e. The van der Waals surface area contributed by atoms with E-state index in [4.69, 9.17) is 0 Å². The minimum Gasteiger partial charge on any atom is -0.339 e. The van der Waals surface area contributed by atoms with Gasteiger partial charge in [0.05, 0.1) is 17.9 Å². The fraction of sp³-hybridized carbons (Fsp3) is 0.538. The number of hydrogen-bond acceptors (Lipinski definition) is 5. The van der Waals surface area contributed by atoms with E-state index in [9.17, 15) is 13.2 Å². The third-order valence-corrected chi connectivity index (χ3v) is 6.51. The highest BCUT2D eigenvalue weighted by atomic mass is 32.2. The first-order valence-electron chi connectivity index (χ1n) is 6.89. The molecule has 0 aromatic carbocycles. The molecule has 0 spiro atoms. The van der Waals surface area contributed by atoms with Crippen molar-refractivity contribution in [1.82, 2.24) is 14.3 Å². The van der Waals surface area contributed by atoms with Gasteiger partial charge in [-0.15, -0.1) is 11.3 Å². The van der Waals surface area contributed by atoms with E-state index in [0.29, 0.717) is 13.0 Å². The van der Waals surface area contributed by atoms with Crippen LogP contribution < -0.4 is 0 Å². The van der Waals surface area contributed by atoms with Crippen LogP contribution in [0.3, 0.4) is 0 Å². The number of aromatic nitrogens is 2. The van der Waals surface area contributed by atoms with Crippen molar-refractivity contribution in [1.29, 1.82) is 0 Å². The molecule has 3 rings (SSSR count). The summed E-state index contributed by atoms with van der Waals surface area (Å²) in [5, 5.41) is 1.93. The van der Waals surface area contributed by atoms with E-state index in [1.165, 1.54) is 11.3 Å². The summed E-state index contributed by atoms with van der Waals surface area (Å²) in [6.07, 6.45) is 4.37. The van der Waals surface area contributed by atoms with Crippen molar-refractivity contribution in [2.45, 2.75) is 25.8 Å². The third kappa shape index (κ3) is 2.82. The van der Waals surface area contributed by atoms with E-state index in [1.807, 2.05) is 22.9 Å². The van der Waals surface area contributed by atoms with E-state index in [-0.39, 0.29) is 29.9 Å². The molecular weight excluding hydrogens is 310 g/mol. The Bertz CT molecular complexity index is 763. The summed E-state index contributed by atoms with van der Waals surface area (Å²) in [4.78, 5) is 19.3. The smallest absolute Gasteiger partial charge is 0.228 e. The summed E-state index contributed by atoms with van der Waals surface area (Å²) < 4.78 is 25.1. The van der Waals surface area contributed by atoms with Crippen LogP contribution in [-0.4, -0.2) is 52.7 Å². The number of carbonyl (C=O) groups excluding carboxylic acids is 1. The highest BCUT2D eigenvalue weighted by Crippen LogP contribution is 2.20. The highest BCUT2D eigenvalue weighted by molar-refractivity contribution is 7.91. The molecule has 1 saturated heterocycles. The number of sulfone groups is 1. The van der Waals surface area contributed by atoms with Gasteiger partial charge < -0.3 is 4.90 Å². The van der Waals surface area contributed by atoms with Crippen LogP contribution in [0.25, 0.3) is 4.96 Å². The van der Waals surface area contributed by atoms with Crippen molar-refractivity contribution >= 4 is 32.0 Å². The Hall–Kier alpha value is -1.41. The average Bonchev–Trinajstić information content (AvgIpc) is 3.08. The fourth-order valence-electron chi connectivity index (χ4n) is 2.82. The van der Waals surface area contributed by atoms with Gasteiger partial charge in [-0.2, -0.15) is 0 Å². The van der Waals surface area contributed by atoms with Crippen molar-refractivity contribution in [3.05, 3.63) is 23.5 Å². The van der Waals surface area contributed by atoms with Gasteiger partial charge in [0.25, 0.3) is 0 Å². The predicted molar refractivity (Wildman–Crippen MR) is 81.2 cm³/mol. The number of amides is 1. The van der Waals surface area contributed by atoms with Crippen LogP contribution in [0.15, 0.2) is 17.8 Å². The van der Waals surface area contributed by atoms with Gasteiger partial charge in [0.1, 0.15) is 0 Å². The van der Waals surface area contributed by atoms with Crippen LogP contribution in [0.5, 0.6) is 0 Å². The molecule has 0 aliphatic carbocycles. The van der Waals surface area contributed by atoms with Gasteiger partial charge in [-0.25, -0.2) is 13.4 Å². The second kappa shape index (κ2) is 5.42. The van der Waals surface area contributed by atoms with Gasteiger partial charge in [-0.05, 0) is 13.3 Å². The first-order chi connectivity index (χ1) is 10.00. The van der Waals surface area contributed by atoms with Gasteiger partial charge >= 0.3 is 0 Å². The maximum atomic E-state index is 12.5. The molecule has 0 N–H and O–H groups in total. The molecule has 8 heteroatoms. The number of rotatable bonds is 4. The molecule has 114 valence electrons. The molecule has 2 aromatic rings. The van der Waals surface area contributed by atoms with Gasteiger partial charge in [-0.1, -0.05) is 0 Å². The number of likely N-dealkylation sites (N-methyl/N-ethyl adjacent to an activating group) is 1. The maximum absolute atomic E-state index is 12.5. The van der Waals surface area contributed by atoms with E-state index in [0.717, 1.165) is 10.7 Å². The van der Waals surface area contributed by atoms with Crippen molar-refractivity contribution in [3.8, 4) is 0 Å². The van der Waals surface area contributed by atoms with Crippen LogP contribution in [0.2, 0.25) is 0 Å². The molecule has 2 aromatic heterocycles. The normalized spacial score (nSPS) is 20.9. The molecule has 0 saturated carbocycles. The van der Waals surface area contributed by atoms with Crippen LogP contribution in [-0.2, 0) is 21.1 Å². The van der Waals surface area contributed by atoms with E-state index >= 15 is 0 Å². The SMILES string of the molecule is CCN(C(=O)Cc1csc2nccn12)C1CCS(=O)(=O)C1. The lowest BCUT2D eigenvalue weighted by molar-refractivity contribution is -0.132. The Morgan fingerprint density at radius 1 is 1.57 bits per heavy atom. The van der Waals surface area contributed by atoms with Crippen LogP contribution in [0.4, 0.5) is 0 Å². The summed E-state index contributed by atoms with van der Waals surface area (Å²) >= 11 is 1.50. The van der Waals surface area contributed by atoms with Gasteiger partial charge in [0.15, 0.2) is 14.8 Å². The lowest BCUT2D eigenvalue weighted by atomic mass is 10.2. The zero-order chi connectivity index (χ0) is 15.0. The lowest BCUT2D eigenvalue weighted by Gasteiger charge is -2.26. The summed E-state index contributed by atoms with van der Waals surface area (Å²) in [6, 6.07) is -0.176. The van der Waals surface area contributed by atoms with E-state index < -0.39 is 9.84 Å². The minimum atomic E-state index is -2.98. The van der Waals surface area contributed by atoms with Crippen LogP contribution in [0, 0.1) is 0 Å². The minimum absolute atomic E-state index is 0.0204. The molecule has 1 fully saturated rings. The monoisotopic (exact) mass is 327 g/mol. The first-order valence-corrected chi connectivity index (χ1v) is 9.59. The van der Waals surface area contributed by atoms with Crippen molar-refractivity contribution < 1.29 is 13.2 Å². The molecule has 1 aliphatic rings. The molecule has 6 nitrogen and oxygen atoms in total. The number of thiazole rings is 1. The van der Waals surface area contributed by atoms with Gasteiger partial charge in [-0.3, -0.25) is 9.20 Å². The maximum Gasteiger partial charge on any atom is 0.228 e. The Labute approximate surface area is 127 Å². The van der Waals surface area contributed by atoms with Crippen LogP contribution in [0.1, 0.15) is 19.0 Å². The standard InChI is InChI=1S/C13H17N3O3S2/c1-2-15(10-3-6-21(18,19)9-10)12(17)7-11-8-20-13-14-4-5-16(11)13/h4-5,8,10H,2-3,6-7,9H2,1H3. The predicted octanol–water partition coefficient (Wildman–Crippen LogP) is 0.974. The Morgan fingerprint density at radius 2 is 2.38 bits per heavy atom. The number of imidazole rings is 1. The molecular formula is C13H17N3O3S2. The van der Waals surface area contributed by atoms with Crippen molar-refractivity contribution in [2.75, 3.05) is 18.1 Å². The molecule has 1 aliphatic heterocycles. The number of hydrogen-bond donors (Lipinski definition) is 0. The van der Waals surface area contributed by atoms with Crippen molar-refractivity contribution in [3.63, 3.8) is 0 Å². The van der Waals surface area contributed by atoms with E-state index in [2.05, 4.69) is 4.98 Å². The van der Waals surface area contributed by atoms with Gasteiger partial charge in [0.2, 0.25) is 5.91 Å². The summed E-state index contributed by atoms with van der Waals surface area (Å²) in [5.41, 5.74) is 0.900. The molecule has 0 radical (unpaired) electrons. The van der Waals surface area contributed by atoms with Crippen molar-refractivity contribution in [2.24, 2.45) is 0 Å². The zero-order valence-electron chi connectivity index (χ0n) is 11.7. The molecule has 3 heterocycles. The summed E-state index contributed by atoms with van der Waals surface area (Å²) in [6.45, 7) is 2.43. The van der Waals surface area contributed by atoms with Crippen LogP contribution >= 0.6 is 11.3 Å². The van der Waals surface area contributed by atoms with E-state index in [1.54, 1.807) is 11.1 Å². The molecule has 21 heavy (non-hydrogen) atoms. The second-order valence-corrected chi connectivity index (χ2v) is 8.29. The average molecular weight is 327 g/mol. The molecule has 1 atom stereocenters. The molecule has 1 amide bonds. The Balaban J connectivity index is 1.76. The zero-order valence-corrected chi connectivity index (χ0v) is 13.4. The number of nitrogens with zero attached hydrogens (tertiary/aromatic N) is 3. The lowest BCUT2D eigenvalue weighted by Crippen LogP contribution is -2.41. The van der Waals surface area contributed by atoms with Gasteiger partial charge in [0, 0.05) is 36.1 Å². The topological polar surface area (TPSA) is 71.8 Å². The number of carbonyl (C=O) groups is 1. The molecule has 0 bridgehead atoms. The number of fused-ring (bicyclic) bond motifs is 1. The summed E-state index contributed by atoms with van der Waals surface area (Å²) in [5.74, 6) is 0.260. The second-order valence-electron chi connectivity index (χ2n) is 5.22. The highest BCUT2D eigenvalue weighted by Gasteiger charge is 2.33. The first kappa shape index (κ1) is 14.5. The Morgan fingerprint density at radius 3 is 3.05 bits per heavy atom. The quantitative estimate of drug-likeness (QED) is 0.839. The third-order valence-electron chi connectivity index (χ3n) is 3.86. The summed E-state index contributed by atoms with van der Waals surface area (Å²) in [7, 11) is -2.98. The molecule has 1 unspecified atom stereocenters.